The van der Waals surface area contributed by atoms with Crippen LogP contribution in [0.4, 0.5) is 0 Å². The Morgan fingerprint density at radius 2 is 1.88 bits per heavy atom. The van der Waals surface area contributed by atoms with E-state index >= 15 is 0 Å². The molecule has 0 spiro atoms. The van der Waals surface area contributed by atoms with E-state index < -0.39 is 0 Å². The van der Waals surface area contributed by atoms with E-state index in [0.29, 0.717) is 6.10 Å². The third-order valence-electron chi connectivity index (χ3n) is 4.15. The van der Waals surface area contributed by atoms with Crippen LogP contribution < -0.4 is 5.32 Å². The molecule has 0 amide bonds. The molecule has 1 N–H and O–H groups in total. The van der Waals surface area contributed by atoms with E-state index in [1.165, 1.54) is 38.5 Å². The van der Waals surface area contributed by atoms with E-state index in [0.717, 1.165) is 31.5 Å². The van der Waals surface area contributed by atoms with Gasteiger partial charge in [-0.25, -0.2) is 0 Å². The summed E-state index contributed by atoms with van der Waals surface area (Å²) in [5, 5.41) is 3.36. The monoisotopic (exact) mass is 241 g/mol. The Hall–Kier alpha value is -0.0800. The normalized spacial score (nSPS) is 29.5. The molecule has 0 aromatic heterocycles. The smallest absolute Gasteiger partial charge is 0.0577 e. The Balaban J connectivity index is 1.92. The Bertz CT molecular complexity index is 184. The maximum absolute atomic E-state index is 5.99. The van der Waals surface area contributed by atoms with Crippen LogP contribution in [-0.4, -0.2) is 25.8 Å². The lowest BCUT2D eigenvalue weighted by Crippen LogP contribution is -2.27. The van der Waals surface area contributed by atoms with Crippen LogP contribution in [0, 0.1) is 11.8 Å². The van der Waals surface area contributed by atoms with Gasteiger partial charge in [0.05, 0.1) is 6.10 Å². The average molecular weight is 241 g/mol. The second kappa shape index (κ2) is 8.93. The number of nitrogens with one attached hydrogen (secondary N) is 1. The molecule has 0 heterocycles. The summed E-state index contributed by atoms with van der Waals surface area (Å²) in [5.41, 5.74) is 0. The van der Waals surface area contributed by atoms with Crippen molar-refractivity contribution in [2.24, 2.45) is 11.8 Å². The van der Waals surface area contributed by atoms with E-state index in [-0.39, 0.29) is 0 Å². The molecule has 0 radical (unpaired) electrons. The van der Waals surface area contributed by atoms with Gasteiger partial charge in [-0.3, -0.25) is 0 Å². The molecule has 3 atom stereocenters. The lowest BCUT2D eigenvalue weighted by atomic mass is 9.80. The van der Waals surface area contributed by atoms with Crippen LogP contribution in [0.1, 0.15) is 59.3 Å². The van der Waals surface area contributed by atoms with Gasteiger partial charge in [0.15, 0.2) is 0 Å². The fourth-order valence-corrected chi connectivity index (χ4v) is 2.61. The standard InChI is InChI=1S/C15H31NO/c1-4-16-10-6-5-7-11-17-15-9-8-13(2)14(3)12-15/h13-16H,4-12H2,1-3H3. The first kappa shape index (κ1) is 15.0. The number of hydrogen-bond acceptors (Lipinski definition) is 2. The first-order valence-corrected chi connectivity index (χ1v) is 7.56. The molecule has 102 valence electrons. The summed E-state index contributed by atoms with van der Waals surface area (Å²) in [5.74, 6) is 1.75. The summed E-state index contributed by atoms with van der Waals surface area (Å²) >= 11 is 0. The lowest BCUT2D eigenvalue weighted by Gasteiger charge is -2.31. The quantitative estimate of drug-likeness (QED) is 0.656. The van der Waals surface area contributed by atoms with Gasteiger partial charge in [0.1, 0.15) is 0 Å². The molecular formula is C15H31NO. The number of ether oxygens (including phenoxy) is 1. The van der Waals surface area contributed by atoms with Gasteiger partial charge in [-0.15, -0.1) is 0 Å². The predicted octanol–water partition coefficient (Wildman–Crippen LogP) is 3.61. The summed E-state index contributed by atoms with van der Waals surface area (Å²) in [6.45, 7) is 10.1. The molecule has 0 aliphatic heterocycles. The zero-order valence-corrected chi connectivity index (χ0v) is 12.0. The maximum atomic E-state index is 5.99. The van der Waals surface area contributed by atoms with Gasteiger partial charge in [0.25, 0.3) is 0 Å². The Kier molecular flexibility index (Phi) is 7.87. The van der Waals surface area contributed by atoms with Crippen LogP contribution in [0.2, 0.25) is 0 Å². The molecule has 17 heavy (non-hydrogen) atoms. The molecular weight excluding hydrogens is 210 g/mol. The highest BCUT2D eigenvalue weighted by atomic mass is 16.5. The average Bonchev–Trinajstić information content (AvgIpc) is 2.32. The van der Waals surface area contributed by atoms with Crippen LogP contribution >= 0.6 is 0 Å². The fraction of sp³-hybridized carbons (Fsp3) is 1.00. The van der Waals surface area contributed by atoms with E-state index in [1.807, 2.05) is 0 Å². The highest BCUT2D eigenvalue weighted by Gasteiger charge is 2.24. The molecule has 1 saturated carbocycles. The van der Waals surface area contributed by atoms with Crippen molar-refractivity contribution in [1.29, 1.82) is 0 Å². The summed E-state index contributed by atoms with van der Waals surface area (Å²) in [7, 11) is 0. The molecule has 0 aromatic rings. The zero-order valence-electron chi connectivity index (χ0n) is 12.0. The van der Waals surface area contributed by atoms with Crippen LogP contribution in [0.3, 0.4) is 0 Å². The molecule has 1 aliphatic carbocycles. The van der Waals surface area contributed by atoms with Crippen LogP contribution in [0.15, 0.2) is 0 Å². The molecule has 1 fully saturated rings. The van der Waals surface area contributed by atoms with Gasteiger partial charge in [0, 0.05) is 6.61 Å². The maximum Gasteiger partial charge on any atom is 0.0577 e. The molecule has 1 rings (SSSR count). The van der Waals surface area contributed by atoms with Crippen molar-refractivity contribution in [3.05, 3.63) is 0 Å². The molecule has 0 aromatic carbocycles. The van der Waals surface area contributed by atoms with Crippen molar-refractivity contribution >= 4 is 0 Å². The predicted molar refractivity (Wildman–Crippen MR) is 74.3 cm³/mol. The van der Waals surface area contributed by atoms with Crippen LogP contribution in [-0.2, 0) is 4.74 Å². The van der Waals surface area contributed by atoms with E-state index in [1.54, 1.807) is 0 Å². The van der Waals surface area contributed by atoms with Crippen LogP contribution in [0.5, 0.6) is 0 Å². The molecule has 1 aliphatic rings. The minimum absolute atomic E-state index is 0.551. The lowest BCUT2D eigenvalue weighted by molar-refractivity contribution is 0.00105. The summed E-state index contributed by atoms with van der Waals surface area (Å²) in [6.07, 6.45) is 8.27. The molecule has 0 bridgehead atoms. The largest absolute Gasteiger partial charge is 0.378 e. The number of hydrogen-bond donors (Lipinski definition) is 1. The van der Waals surface area contributed by atoms with Crippen molar-refractivity contribution in [2.45, 2.75) is 65.4 Å². The Labute approximate surface area is 108 Å². The second-order valence-corrected chi connectivity index (χ2v) is 5.67. The van der Waals surface area contributed by atoms with Gasteiger partial charge in [-0.2, -0.15) is 0 Å². The summed E-state index contributed by atoms with van der Waals surface area (Å²) < 4.78 is 5.99. The first-order chi connectivity index (χ1) is 8.24. The number of rotatable bonds is 8. The van der Waals surface area contributed by atoms with E-state index in [2.05, 4.69) is 26.1 Å². The Morgan fingerprint density at radius 1 is 1.06 bits per heavy atom. The summed E-state index contributed by atoms with van der Waals surface area (Å²) in [4.78, 5) is 0. The highest BCUT2D eigenvalue weighted by molar-refractivity contribution is 4.75. The van der Waals surface area contributed by atoms with Crippen molar-refractivity contribution in [1.82, 2.24) is 5.32 Å². The van der Waals surface area contributed by atoms with Gasteiger partial charge in [-0.05, 0) is 63.5 Å². The molecule has 2 heteroatoms. The van der Waals surface area contributed by atoms with Crippen molar-refractivity contribution in [2.75, 3.05) is 19.7 Å². The highest BCUT2D eigenvalue weighted by Crippen LogP contribution is 2.30. The SMILES string of the molecule is CCNCCCCCOC1CCC(C)C(C)C1. The third kappa shape index (κ3) is 6.42. The van der Waals surface area contributed by atoms with Crippen molar-refractivity contribution < 1.29 is 4.74 Å². The van der Waals surface area contributed by atoms with Gasteiger partial charge in [0.2, 0.25) is 0 Å². The minimum Gasteiger partial charge on any atom is -0.378 e. The van der Waals surface area contributed by atoms with E-state index in [9.17, 15) is 0 Å². The van der Waals surface area contributed by atoms with Gasteiger partial charge in [-0.1, -0.05) is 20.8 Å². The zero-order chi connectivity index (χ0) is 12.5. The third-order valence-corrected chi connectivity index (χ3v) is 4.15. The number of unbranched alkanes of at least 4 members (excludes halogenated alkanes) is 2. The molecule has 3 unspecified atom stereocenters. The minimum atomic E-state index is 0.551. The fourth-order valence-electron chi connectivity index (χ4n) is 2.61. The second-order valence-electron chi connectivity index (χ2n) is 5.67. The summed E-state index contributed by atoms with van der Waals surface area (Å²) in [6, 6.07) is 0. The molecule has 2 nitrogen and oxygen atoms in total. The van der Waals surface area contributed by atoms with E-state index in [4.69, 9.17) is 4.74 Å². The molecule has 0 saturated heterocycles. The topological polar surface area (TPSA) is 21.3 Å². The van der Waals surface area contributed by atoms with Gasteiger partial charge < -0.3 is 10.1 Å². The van der Waals surface area contributed by atoms with Gasteiger partial charge >= 0.3 is 0 Å². The Morgan fingerprint density at radius 3 is 2.59 bits per heavy atom. The van der Waals surface area contributed by atoms with Crippen LogP contribution in [0.25, 0.3) is 0 Å². The van der Waals surface area contributed by atoms with Crippen molar-refractivity contribution in [3.63, 3.8) is 0 Å². The first-order valence-electron chi connectivity index (χ1n) is 7.56. The van der Waals surface area contributed by atoms with Crippen molar-refractivity contribution in [3.8, 4) is 0 Å².